The van der Waals surface area contributed by atoms with E-state index in [2.05, 4.69) is 48.7 Å². The summed E-state index contributed by atoms with van der Waals surface area (Å²) >= 11 is 0. The van der Waals surface area contributed by atoms with Crippen molar-refractivity contribution in [1.82, 2.24) is 10.6 Å². The summed E-state index contributed by atoms with van der Waals surface area (Å²) in [4.78, 5) is 11.4. The Hall–Kier alpha value is -1.35. The number of hydrogen-bond acceptors (Lipinski definition) is 2. The molecule has 0 saturated carbocycles. The van der Waals surface area contributed by atoms with Gasteiger partial charge in [0.1, 0.15) is 0 Å². The van der Waals surface area contributed by atoms with Crippen molar-refractivity contribution in [3.63, 3.8) is 0 Å². The molecule has 0 spiro atoms. The molecule has 2 N–H and O–H groups in total. The smallest absolute Gasteiger partial charge is 0.222 e. The minimum atomic E-state index is 0.0548. The summed E-state index contributed by atoms with van der Waals surface area (Å²) in [6.07, 6.45) is 0. The lowest BCUT2D eigenvalue weighted by molar-refractivity contribution is -0.123. The van der Waals surface area contributed by atoms with Gasteiger partial charge in [0.2, 0.25) is 5.91 Å². The number of carbonyl (C=O) groups is 1. The summed E-state index contributed by atoms with van der Waals surface area (Å²) in [6, 6.07) is 8.78. The fraction of sp³-hybridized carbons (Fsp3) is 0.533. The van der Waals surface area contributed by atoms with Gasteiger partial charge in [-0.15, -0.1) is 0 Å². The summed E-state index contributed by atoms with van der Waals surface area (Å²) in [7, 11) is 0. The van der Waals surface area contributed by atoms with Crippen LogP contribution < -0.4 is 10.6 Å². The van der Waals surface area contributed by atoms with Crippen LogP contribution in [0.2, 0.25) is 0 Å². The summed E-state index contributed by atoms with van der Waals surface area (Å²) in [5, 5.41) is 6.30. The molecule has 0 aliphatic carbocycles. The normalized spacial score (nSPS) is 12.5. The fourth-order valence-electron chi connectivity index (χ4n) is 1.74. The van der Waals surface area contributed by atoms with Crippen molar-refractivity contribution in [2.45, 2.75) is 33.7 Å². The van der Waals surface area contributed by atoms with E-state index in [0.717, 1.165) is 6.54 Å². The molecule has 1 aromatic rings. The molecule has 1 rings (SSSR count). The zero-order valence-electron chi connectivity index (χ0n) is 11.8. The zero-order valence-corrected chi connectivity index (χ0v) is 11.8. The second-order valence-corrected chi connectivity index (χ2v) is 5.04. The number of benzene rings is 1. The molecule has 0 aliphatic rings. The Morgan fingerprint density at radius 1 is 1.22 bits per heavy atom. The van der Waals surface area contributed by atoms with Gasteiger partial charge in [0.05, 0.1) is 0 Å². The van der Waals surface area contributed by atoms with Gasteiger partial charge in [-0.2, -0.15) is 0 Å². The van der Waals surface area contributed by atoms with Crippen LogP contribution in [0.5, 0.6) is 0 Å². The summed E-state index contributed by atoms with van der Waals surface area (Å²) in [5.74, 6) is 0.166. The number of amides is 1. The van der Waals surface area contributed by atoms with Gasteiger partial charge in [-0.05, 0) is 19.4 Å². The molecule has 1 atom stereocenters. The molecule has 0 heterocycles. The van der Waals surface area contributed by atoms with E-state index in [4.69, 9.17) is 0 Å². The molecule has 1 unspecified atom stereocenters. The largest absolute Gasteiger partial charge is 0.355 e. The van der Waals surface area contributed by atoms with Gasteiger partial charge in [-0.3, -0.25) is 4.79 Å². The van der Waals surface area contributed by atoms with Crippen LogP contribution >= 0.6 is 0 Å². The fourth-order valence-corrected chi connectivity index (χ4v) is 1.74. The molecule has 3 heteroatoms. The first-order valence-corrected chi connectivity index (χ1v) is 6.58. The molecule has 0 aliphatic heterocycles. The van der Waals surface area contributed by atoms with Crippen molar-refractivity contribution in [3.8, 4) is 0 Å². The molecule has 3 nitrogen and oxygen atoms in total. The standard InChI is InChI=1S/C15H24N2O/c1-11(2)15(18)17-9-8-16-13(4)14-7-5-6-12(3)10-14/h5-7,10-11,13,16H,8-9H2,1-4H3,(H,17,18). The first-order chi connectivity index (χ1) is 8.50. The highest BCUT2D eigenvalue weighted by molar-refractivity contribution is 5.77. The van der Waals surface area contributed by atoms with Crippen LogP contribution in [0.1, 0.15) is 37.9 Å². The summed E-state index contributed by atoms with van der Waals surface area (Å²) in [6.45, 7) is 9.50. The van der Waals surface area contributed by atoms with Crippen molar-refractivity contribution < 1.29 is 4.79 Å². The molecule has 0 aromatic heterocycles. The van der Waals surface area contributed by atoms with Gasteiger partial charge in [0.25, 0.3) is 0 Å². The van der Waals surface area contributed by atoms with Crippen LogP contribution in [0.3, 0.4) is 0 Å². The average Bonchev–Trinajstić information content (AvgIpc) is 2.33. The molecule has 0 radical (unpaired) electrons. The minimum Gasteiger partial charge on any atom is -0.355 e. The second kappa shape index (κ2) is 7.17. The van der Waals surface area contributed by atoms with E-state index in [-0.39, 0.29) is 11.8 Å². The van der Waals surface area contributed by atoms with Gasteiger partial charge < -0.3 is 10.6 Å². The first-order valence-electron chi connectivity index (χ1n) is 6.58. The predicted octanol–water partition coefficient (Wildman–Crippen LogP) is 2.42. The van der Waals surface area contributed by atoms with E-state index < -0.39 is 0 Å². The molecule has 0 bridgehead atoms. The maximum Gasteiger partial charge on any atom is 0.222 e. The molecule has 1 aromatic carbocycles. The third kappa shape index (κ3) is 4.88. The van der Waals surface area contributed by atoms with E-state index in [1.807, 2.05) is 13.8 Å². The van der Waals surface area contributed by atoms with Crippen LogP contribution in [-0.4, -0.2) is 19.0 Å². The SMILES string of the molecule is Cc1cccc(C(C)NCCNC(=O)C(C)C)c1. The first kappa shape index (κ1) is 14.7. The Morgan fingerprint density at radius 2 is 1.94 bits per heavy atom. The van der Waals surface area contributed by atoms with Crippen LogP contribution in [0.25, 0.3) is 0 Å². The monoisotopic (exact) mass is 248 g/mol. The molecular formula is C15H24N2O. The maximum absolute atomic E-state index is 11.4. The topological polar surface area (TPSA) is 41.1 Å². The van der Waals surface area contributed by atoms with E-state index in [1.54, 1.807) is 0 Å². The number of rotatable bonds is 6. The molecular weight excluding hydrogens is 224 g/mol. The lowest BCUT2D eigenvalue weighted by Gasteiger charge is -2.15. The highest BCUT2D eigenvalue weighted by Gasteiger charge is 2.06. The summed E-state index contributed by atoms with van der Waals surface area (Å²) in [5.41, 5.74) is 2.56. The molecule has 0 saturated heterocycles. The Morgan fingerprint density at radius 3 is 2.56 bits per heavy atom. The Balaban J connectivity index is 2.29. The maximum atomic E-state index is 11.4. The number of hydrogen-bond donors (Lipinski definition) is 2. The number of aryl methyl sites for hydroxylation is 1. The van der Waals surface area contributed by atoms with Crippen LogP contribution in [-0.2, 0) is 4.79 Å². The molecule has 100 valence electrons. The predicted molar refractivity (Wildman–Crippen MR) is 75.4 cm³/mol. The quantitative estimate of drug-likeness (QED) is 0.759. The average molecular weight is 248 g/mol. The van der Waals surface area contributed by atoms with Crippen LogP contribution in [0.4, 0.5) is 0 Å². The van der Waals surface area contributed by atoms with E-state index in [1.165, 1.54) is 11.1 Å². The second-order valence-electron chi connectivity index (χ2n) is 5.04. The van der Waals surface area contributed by atoms with Crippen molar-refractivity contribution in [2.75, 3.05) is 13.1 Å². The number of nitrogens with one attached hydrogen (secondary N) is 2. The van der Waals surface area contributed by atoms with Crippen molar-refractivity contribution >= 4 is 5.91 Å². The van der Waals surface area contributed by atoms with Gasteiger partial charge in [0.15, 0.2) is 0 Å². The number of carbonyl (C=O) groups excluding carboxylic acids is 1. The highest BCUT2D eigenvalue weighted by atomic mass is 16.1. The summed E-state index contributed by atoms with van der Waals surface area (Å²) < 4.78 is 0. The van der Waals surface area contributed by atoms with E-state index >= 15 is 0 Å². The Labute approximate surface area is 110 Å². The highest BCUT2D eigenvalue weighted by Crippen LogP contribution is 2.12. The van der Waals surface area contributed by atoms with Crippen LogP contribution in [0, 0.1) is 12.8 Å². The Bertz CT molecular complexity index is 388. The third-order valence-electron chi connectivity index (χ3n) is 2.94. The van der Waals surface area contributed by atoms with Gasteiger partial charge >= 0.3 is 0 Å². The van der Waals surface area contributed by atoms with Gasteiger partial charge in [-0.1, -0.05) is 43.7 Å². The van der Waals surface area contributed by atoms with Gasteiger partial charge in [0, 0.05) is 25.0 Å². The van der Waals surface area contributed by atoms with Gasteiger partial charge in [-0.25, -0.2) is 0 Å². The lowest BCUT2D eigenvalue weighted by atomic mass is 10.1. The Kier molecular flexibility index (Phi) is 5.86. The minimum absolute atomic E-state index is 0.0548. The van der Waals surface area contributed by atoms with Crippen molar-refractivity contribution in [1.29, 1.82) is 0 Å². The molecule has 0 fully saturated rings. The van der Waals surface area contributed by atoms with E-state index in [9.17, 15) is 4.79 Å². The van der Waals surface area contributed by atoms with E-state index in [0.29, 0.717) is 12.6 Å². The van der Waals surface area contributed by atoms with Crippen molar-refractivity contribution in [3.05, 3.63) is 35.4 Å². The molecule has 1 amide bonds. The van der Waals surface area contributed by atoms with Crippen molar-refractivity contribution in [2.24, 2.45) is 5.92 Å². The van der Waals surface area contributed by atoms with Crippen LogP contribution in [0.15, 0.2) is 24.3 Å². The lowest BCUT2D eigenvalue weighted by Crippen LogP contribution is -2.35. The third-order valence-corrected chi connectivity index (χ3v) is 2.94. The molecule has 18 heavy (non-hydrogen) atoms. The zero-order chi connectivity index (χ0) is 13.5.